The third-order valence-corrected chi connectivity index (χ3v) is 6.03. The van der Waals surface area contributed by atoms with Crippen molar-refractivity contribution in [2.75, 3.05) is 5.32 Å². The van der Waals surface area contributed by atoms with Gasteiger partial charge in [0.1, 0.15) is 0 Å². The molecular formula is C25H24Cl2N2O. The molecule has 0 fully saturated rings. The van der Waals surface area contributed by atoms with Gasteiger partial charge in [0.25, 0.3) is 5.91 Å². The van der Waals surface area contributed by atoms with Gasteiger partial charge in [0.15, 0.2) is 0 Å². The highest BCUT2D eigenvalue weighted by molar-refractivity contribution is 6.36. The summed E-state index contributed by atoms with van der Waals surface area (Å²) in [6.07, 6.45) is 2.71. The Bertz CT molecular complexity index is 1130. The van der Waals surface area contributed by atoms with Crippen LogP contribution >= 0.6 is 23.2 Å². The van der Waals surface area contributed by atoms with E-state index in [0.717, 1.165) is 28.9 Å². The zero-order chi connectivity index (χ0) is 21.5. The minimum absolute atomic E-state index is 0.0746. The molecule has 2 aromatic carbocycles. The molecule has 5 heteroatoms. The van der Waals surface area contributed by atoms with Gasteiger partial charge >= 0.3 is 0 Å². The van der Waals surface area contributed by atoms with Crippen LogP contribution in [0, 0.1) is 0 Å². The van der Waals surface area contributed by atoms with Crippen LogP contribution in [0.15, 0.2) is 66.4 Å². The molecule has 3 aromatic rings. The first-order chi connectivity index (χ1) is 14.2. The Balaban J connectivity index is 1.77. The third kappa shape index (κ3) is 4.05. The lowest BCUT2D eigenvalue weighted by Crippen LogP contribution is -2.22. The number of fused-ring (bicyclic) bond motifs is 1. The van der Waals surface area contributed by atoms with Crippen molar-refractivity contribution in [3.63, 3.8) is 0 Å². The largest absolute Gasteiger partial charge is 0.347 e. The molecule has 0 bridgehead atoms. The van der Waals surface area contributed by atoms with Crippen molar-refractivity contribution in [1.82, 2.24) is 4.57 Å². The summed E-state index contributed by atoms with van der Waals surface area (Å²) in [5.41, 5.74) is 5.71. The molecule has 154 valence electrons. The average molecular weight is 439 g/mol. The van der Waals surface area contributed by atoms with Gasteiger partial charge in [-0.2, -0.15) is 0 Å². The van der Waals surface area contributed by atoms with Gasteiger partial charge < -0.3 is 9.88 Å². The summed E-state index contributed by atoms with van der Waals surface area (Å²) in [7, 11) is 0. The van der Waals surface area contributed by atoms with Crippen LogP contribution < -0.4 is 5.32 Å². The summed E-state index contributed by atoms with van der Waals surface area (Å²) in [5.74, 6) is -0.137. The van der Waals surface area contributed by atoms with E-state index < -0.39 is 0 Å². The molecule has 30 heavy (non-hydrogen) atoms. The number of aromatic nitrogens is 1. The number of carbonyl (C=O) groups excluding carboxylic acids is 1. The first-order valence-electron chi connectivity index (χ1n) is 10.00. The maximum atomic E-state index is 13.3. The monoisotopic (exact) mass is 438 g/mol. The fraction of sp³-hybridized carbons (Fsp3) is 0.240. The predicted octanol–water partition coefficient (Wildman–Crippen LogP) is 6.94. The Labute approximate surface area is 187 Å². The second kappa shape index (κ2) is 7.98. The lowest BCUT2D eigenvalue weighted by atomic mass is 9.85. The predicted molar refractivity (Wildman–Crippen MR) is 125 cm³/mol. The molecule has 1 amide bonds. The molecule has 0 saturated carbocycles. The minimum Gasteiger partial charge on any atom is -0.347 e. The van der Waals surface area contributed by atoms with Gasteiger partial charge in [-0.05, 0) is 53.3 Å². The molecule has 4 rings (SSSR count). The lowest BCUT2D eigenvalue weighted by molar-refractivity contribution is -0.113. The number of benzene rings is 2. The first kappa shape index (κ1) is 20.8. The van der Waals surface area contributed by atoms with Gasteiger partial charge in [0.05, 0.1) is 10.7 Å². The van der Waals surface area contributed by atoms with Gasteiger partial charge in [-0.1, -0.05) is 68.2 Å². The number of nitrogens with one attached hydrogen (secondary N) is 1. The molecule has 1 N–H and O–H groups in total. The van der Waals surface area contributed by atoms with Crippen LogP contribution in [0.4, 0.5) is 5.69 Å². The van der Waals surface area contributed by atoms with Crippen LogP contribution in [0.1, 0.15) is 44.0 Å². The SMILES string of the molecule is CC(C)(C)c1ccc(C2=C(C(=O)Nc3ccc(Cl)cc3Cl)CCn3cccc32)cc1. The summed E-state index contributed by atoms with van der Waals surface area (Å²) in [5, 5.41) is 3.93. The third-order valence-electron chi connectivity index (χ3n) is 5.48. The standard InChI is InChI=1S/C25H24Cl2N2O/c1-25(2,3)17-8-6-16(7-9-17)23-19(12-14-29-13-4-5-22(23)29)24(30)28-21-11-10-18(26)15-20(21)27/h4-11,13,15H,12,14H2,1-3H3,(H,28,30). The number of hydrogen-bond acceptors (Lipinski definition) is 1. The smallest absolute Gasteiger partial charge is 0.252 e. The molecule has 0 aliphatic carbocycles. The van der Waals surface area contributed by atoms with Crippen LogP contribution in [0.2, 0.25) is 10.0 Å². The maximum Gasteiger partial charge on any atom is 0.252 e. The second-order valence-electron chi connectivity index (χ2n) is 8.60. The molecule has 3 nitrogen and oxygen atoms in total. The highest BCUT2D eigenvalue weighted by atomic mass is 35.5. The molecular weight excluding hydrogens is 415 g/mol. The molecule has 1 aliphatic heterocycles. The topological polar surface area (TPSA) is 34.0 Å². The van der Waals surface area contributed by atoms with E-state index in [-0.39, 0.29) is 11.3 Å². The van der Waals surface area contributed by atoms with E-state index in [1.54, 1.807) is 18.2 Å². The number of hydrogen-bond donors (Lipinski definition) is 1. The molecule has 0 atom stereocenters. The van der Waals surface area contributed by atoms with Crippen molar-refractivity contribution < 1.29 is 4.79 Å². The molecule has 1 aliphatic rings. The van der Waals surface area contributed by atoms with Crippen molar-refractivity contribution in [2.45, 2.75) is 39.2 Å². The number of rotatable bonds is 3. The van der Waals surface area contributed by atoms with Crippen LogP contribution in [0.25, 0.3) is 5.57 Å². The molecule has 0 spiro atoms. The first-order valence-corrected chi connectivity index (χ1v) is 10.8. The van der Waals surface area contributed by atoms with Gasteiger partial charge in [0, 0.05) is 34.6 Å². The Morgan fingerprint density at radius 3 is 2.43 bits per heavy atom. The second-order valence-corrected chi connectivity index (χ2v) is 9.44. The lowest BCUT2D eigenvalue weighted by Gasteiger charge is -2.24. The van der Waals surface area contributed by atoms with Crippen molar-refractivity contribution in [2.24, 2.45) is 0 Å². The van der Waals surface area contributed by atoms with Gasteiger partial charge in [-0.25, -0.2) is 0 Å². The van der Waals surface area contributed by atoms with E-state index in [4.69, 9.17) is 23.2 Å². The normalized spacial score (nSPS) is 13.9. The van der Waals surface area contributed by atoms with E-state index in [1.165, 1.54) is 5.56 Å². The number of carbonyl (C=O) groups is 1. The van der Waals surface area contributed by atoms with E-state index in [0.29, 0.717) is 22.2 Å². The van der Waals surface area contributed by atoms with E-state index in [9.17, 15) is 4.79 Å². The van der Waals surface area contributed by atoms with E-state index >= 15 is 0 Å². The Morgan fingerprint density at radius 2 is 1.77 bits per heavy atom. The van der Waals surface area contributed by atoms with Crippen LogP contribution in [-0.2, 0) is 16.8 Å². The Kier molecular flexibility index (Phi) is 5.52. The van der Waals surface area contributed by atoms with Crippen molar-refractivity contribution in [3.05, 3.63) is 93.2 Å². The fourth-order valence-electron chi connectivity index (χ4n) is 3.82. The number of halogens is 2. The molecule has 0 unspecified atom stereocenters. The van der Waals surface area contributed by atoms with Crippen LogP contribution in [-0.4, -0.2) is 10.5 Å². The number of anilines is 1. The number of aryl methyl sites for hydroxylation is 1. The van der Waals surface area contributed by atoms with E-state index in [2.05, 4.69) is 67.2 Å². The van der Waals surface area contributed by atoms with Gasteiger partial charge in [0.2, 0.25) is 0 Å². The Morgan fingerprint density at radius 1 is 1.03 bits per heavy atom. The summed E-state index contributed by atoms with van der Waals surface area (Å²) >= 11 is 12.3. The number of amides is 1. The summed E-state index contributed by atoms with van der Waals surface area (Å²) in [6.45, 7) is 7.36. The highest BCUT2D eigenvalue weighted by Gasteiger charge is 2.25. The molecule has 0 radical (unpaired) electrons. The fourth-order valence-corrected chi connectivity index (χ4v) is 4.28. The zero-order valence-electron chi connectivity index (χ0n) is 17.3. The molecule has 1 aromatic heterocycles. The molecule has 2 heterocycles. The Hall–Kier alpha value is -2.49. The van der Waals surface area contributed by atoms with E-state index in [1.807, 2.05) is 6.07 Å². The molecule has 0 saturated heterocycles. The van der Waals surface area contributed by atoms with Crippen molar-refractivity contribution in [3.8, 4) is 0 Å². The highest BCUT2D eigenvalue weighted by Crippen LogP contribution is 2.35. The maximum absolute atomic E-state index is 13.3. The van der Waals surface area contributed by atoms with Crippen LogP contribution in [0.3, 0.4) is 0 Å². The van der Waals surface area contributed by atoms with Gasteiger partial charge in [-0.3, -0.25) is 4.79 Å². The summed E-state index contributed by atoms with van der Waals surface area (Å²) < 4.78 is 2.19. The quantitative estimate of drug-likeness (QED) is 0.471. The van der Waals surface area contributed by atoms with Crippen molar-refractivity contribution >= 4 is 40.4 Å². The van der Waals surface area contributed by atoms with Crippen molar-refractivity contribution in [1.29, 1.82) is 0 Å². The summed E-state index contributed by atoms with van der Waals surface area (Å²) in [4.78, 5) is 13.3. The average Bonchev–Trinajstić information content (AvgIpc) is 3.17. The number of nitrogens with zero attached hydrogens (tertiary/aromatic N) is 1. The van der Waals surface area contributed by atoms with Crippen LogP contribution in [0.5, 0.6) is 0 Å². The zero-order valence-corrected chi connectivity index (χ0v) is 18.8. The minimum atomic E-state index is -0.137. The van der Waals surface area contributed by atoms with Gasteiger partial charge in [-0.15, -0.1) is 0 Å². The summed E-state index contributed by atoms with van der Waals surface area (Å²) in [6, 6.07) is 17.7.